The minimum atomic E-state index is -0.741. The molecule has 0 unspecified atom stereocenters. The van der Waals surface area contributed by atoms with Crippen molar-refractivity contribution in [1.29, 1.82) is 0 Å². The number of anilines is 1. The number of carbonyl (C=O) groups is 2. The van der Waals surface area contributed by atoms with Crippen molar-refractivity contribution in [2.45, 2.75) is 32.1 Å². The zero-order valence-electron chi connectivity index (χ0n) is 11.6. The van der Waals surface area contributed by atoms with Gasteiger partial charge in [-0.25, -0.2) is 0 Å². The van der Waals surface area contributed by atoms with Crippen molar-refractivity contribution >= 4 is 17.7 Å². The number of unbranched alkanes of at least 4 members (excludes halogenated alkanes) is 3. The van der Waals surface area contributed by atoms with Crippen LogP contribution in [0.25, 0.3) is 0 Å². The van der Waals surface area contributed by atoms with Gasteiger partial charge in [-0.15, -0.1) is 10.2 Å². The molecule has 20 heavy (non-hydrogen) atoms. The summed E-state index contributed by atoms with van der Waals surface area (Å²) >= 11 is 0. The molecule has 0 aliphatic carbocycles. The minimum Gasteiger partial charge on any atom is -0.481 e. The largest absolute Gasteiger partial charge is 0.481 e. The second-order valence-corrected chi connectivity index (χ2v) is 4.37. The van der Waals surface area contributed by atoms with Gasteiger partial charge < -0.3 is 15.7 Å². The molecule has 110 valence electrons. The van der Waals surface area contributed by atoms with Gasteiger partial charge in [0.15, 0.2) is 5.69 Å². The van der Waals surface area contributed by atoms with Crippen LogP contribution in [0, 0.1) is 0 Å². The summed E-state index contributed by atoms with van der Waals surface area (Å²) in [5.74, 6) is -0.375. The van der Waals surface area contributed by atoms with Crippen LogP contribution in [0.1, 0.15) is 42.6 Å². The number of aromatic nitrogens is 2. The monoisotopic (exact) mass is 280 g/mol. The SMILES string of the molecule is CNC(=O)c1ccc(NCCCCCCC(=O)O)nn1. The molecule has 1 heterocycles. The Bertz CT molecular complexity index is 434. The molecule has 0 fully saturated rings. The molecule has 0 radical (unpaired) electrons. The Morgan fingerprint density at radius 1 is 1.15 bits per heavy atom. The van der Waals surface area contributed by atoms with Gasteiger partial charge in [0, 0.05) is 20.0 Å². The van der Waals surface area contributed by atoms with Crippen LogP contribution in [0.5, 0.6) is 0 Å². The van der Waals surface area contributed by atoms with E-state index in [1.165, 1.54) is 0 Å². The van der Waals surface area contributed by atoms with Crippen LogP contribution in [-0.4, -0.2) is 40.8 Å². The lowest BCUT2D eigenvalue weighted by Crippen LogP contribution is -2.19. The van der Waals surface area contributed by atoms with Gasteiger partial charge in [-0.05, 0) is 25.0 Å². The van der Waals surface area contributed by atoms with Crippen molar-refractivity contribution in [2.75, 3.05) is 18.9 Å². The Labute approximate surface area is 117 Å². The summed E-state index contributed by atoms with van der Waals surface area (Å²) < 4.78 is 0. The highest BCUT2D eigenvalue weighted by Crippen LogP contribution is 2.05. The fourth-order valence-electron chi connectivity index (χ4n) is 1.65. The highest BCUT2D eigenvalue weighted by Gasteiger charge is 2.04. The van der Waals surface area contributed by atoms with Crippen molar-refractivity contribution in [3.8, 4) is 0 Å². The van der Waals surface area contributed by atoms with Gasteiger partial charge in [0.25, 0.3) is 5.91 Å². The van der Waals surface area contributed by atoms with Gasteiger partial charge in [0.2, 0.25) is 0 Å². The number of carbonyl (C=O) groups excluding carboxylic acids is 1. The summed E-state index contributed by atoms with van der Waals surface area (Å²) in [5.41, 5.74) is 0.284. The number of hydrogen-bond donors (Lipinski definition) is 3. The van der Waals surface area contributed by atoms with Gasteiger partial charge in [-0.3, -0.25) is 9.59 Å². The molecule has 0 bridgehead atoms. The number of nitrogens with zero attached hydrogens (tertiary/aromatic N) is 2. The Kier molecular flexibility index (Phi) is 7.02. The standard InChI is InChI=1S/C13H20N4O3/c1-14-13(20)10-7-8-11(17-16-10)15-9-5-3-2-4-6-12(18)19/h7-8H,2-6,9H2,1H3,(H,14,20)(H,15,17)(H,18,19). The predicted octanol–water partition coefficient (Wildman–Crippen LogP) is 1.28. The molecule has 0 saturated heterocycles. The van der Waals surface area contributed by atoms with Crippen molar-refractivity contribution < 1.29 is 14.7 Å². The molecule has 1 rings (SSSR count). The summed E-state index contributed by atoms with van der Waals surface area (Å²) in [5, 5.41) is 21.8. The van der Waals surface area contributed by atoms with Crippen molar-refractivity contribution in [3.05, 3.63) is 17.8 Å². The topological polar surface area (TPSA) is 104 Å². The van der Waals surface area contributed by atoms with Crippen LogP contribution in [0.2, 0.25) is 0 Å². The third-order valence-corrected chi connectivity index (χ3v) is 2.75. The fraction of sp³-hybridized carbons (Fsp3) is 0.538. The average Bonchev–Trinajstić information content (AvgIpc) is 2.45. The maximum absolute atomic E-state index is 11.3. The third kappa shape index (κ3) is 6.12. The maximum Gasteiger partial charge on any atom is 0.303 e. The van der Waals surface area contributed by atoms with Crippen molar-refractivity contribution in [3.63, 3.8) is 0 Å². The highest BCUT2D eigenvalue weighted by molar-refractivity contribution is 5.91. The van der Waals surface area contributed by atoms with Crippen LogP contribution in [0.15, 0.2) is 12.1 Å². The lowest BCUT2D eigenvalue weighted by molar-refractivity contribution is -0.137. The fourth-order valence-corrected chi connectivity index (χ4v) is 1.65. The van der Waals surface area contributed by atoms with Crippen LogP contribution >= 0.6 is 0 Å². The van der Waals surface area contributed by atoms with Crippen LogP contribution in [-0.2, 0) is 4.79 Å². The summed E-state index contributed by atoms with van der Waals surface area (Å²) in [6.45, 7) is 0.751. The summed E-state index contributed by atoms with van der Waals surface area (Å²) in [6.07, 6.45) is 3.79. The maximum atomic E-state index is 11.3. The summed E-state index contributed by atoms with van der Waals surface area (Å²) in [4.78, 5) is 21.6. The zero-order valence-corrected chi connectivity index (χ0v) is 11.6. The lowest BCUT2D eigenvalue weighted by Gasteiger charge is -2.05. The molecule has 0 aromatic carbocycles. The number of rotatable bonds is 9. The van der Waals surface area contributed by atoms with E-state index in [1.54, 1.807) is 19.2 Å². The first-order valence-corrected chi connectivity index (χ1v) is 6.65. The van der Waals surface area contributed by atoms with Gasteiger partial charge >= 0.3 is 5.97 Å². The first-order valence-electron chi connectivity index (χ1n) is 6.65. The molecule has 7 heteroatoms. The van der Waals surface area contributed by atoms with Crippen molar-refractivity contribution in [1.82, 2.24) is 15.5 Å². The van der Waals surface area contributed by atoms with Gasteiger partial charge in [0.1, 0.15) is 5.82 Å². The van der Waals surface area contributed by atoms with E-state index in [9.17, 15) is 9.59 Å². The molecule has 0 aliphatic heterocycles. The molecular weight excluding hydrogens is 260 g/mol. The second-order valence-electron chi connectivity index (χ2n) is 4.37. The van der Waals surface area contributed by atoms with E-state index in [1.807, 2.05) is 0 Å². The Balaban J connectivity index is 2.16. The van der Waals surface area contributed by atoms with E-state index >= 15 is 0 Å². The molecule has 1 amide bonds. The Hall–Kier alpha value is -2.18. The smallest absolute Gasteiger partial charge is 0.303 e. The van der Waals surface area contributed by atoms with E-state index in [0.717, 1.165) is 32.2 Å². The van der Waals surface area contributed by atoms with Crippen LogP contribution in [0.3, 0.4) is 0 Å². The van der Waals surface area contributed by atoms with Gasteiger partial charge in [-0.2, -0.15) is 0 Å². The molecule has 0 saturated carbocycles. The van der Waals surface area contributed by atoms with Gasteiger partial charge in [-0.1, -0.05) is 12.8 Å². The van der Waals surface area contributed by atoms with Crippen LogP contribution in [0.4, 0.5) is 5.82 Å². The number of carboxylic acid groups (broad SMARTS) is 1. The average molecular weight is 280 g/mol. The zero-order chi connectivity index (χ0) is 14.8. The number of amides is 1. The van der Waals surface area contributed by atoms with Gasteiger partial charge in [0.05, 0.1) is 0 Å². The molecular formula is C13H20N4O3. The first-order chi connectivity index (χ1) is 9.63. The molecule has 0 atom stereocenters. The first kappa shape index (κ1) is 15.9. The second kappa shape index (κ2) is 8.84. The van der Waals surface area contributed by atoms with Crippen LogP contribution < -0.4 is 10.6 Å². The quantitative estimate of drug-likeness (QED) is 0.589. The van der Waals surface area contributed by atoms with E-state index < -0.39 is 5.97 Å². The van der Waals surface area contributed by atoms with Crippen molar-refractivity contribution in [2.24, 2.45) is 0 Å². The highest BCUT2D eigenvalue weighted by atomic mass is 16.4. The van der Waals surface area contributed by atoms with E-state index in [-0.39, 0.29) is 18.0 Å². The van der Waals surface area contributed by atoms with E-state index in [4.69, 9.17) is 5.11 Å². The van der Waals surface area contributed by atoms with E-state index in [0.29, 0.717) is 5.82 Å². The Morgan fingerprint density at radius 2 is 1.90 bits per heavy atom. The Morgan fingerprint density at radius 3 is 2.50 bits per heavy atom. The predicted molar refractivity (Wildman–Crippen MR) is 74.6 cm³/mol. The molecule has 0 aliphatic rings. The molecule has 3 N–H and O–H groups in total. The lowest BCUT2D eigenvalue weighted by atomic mass is 10.1. The van der Waals surface area contributed by atoms with E-state index in [2.05, 4.69) is 20.8 Å². The molecule has 7 nitrogen and oxygen atoms in total. The number of aliphatic carboxylic acids is 1. The normalized spacial score (nSPS) is 10.1. The third-order valence-electron chi connectivity index (χ3n) is 2.75. The molecule has 1 aromatic heterocycles. The number of hydrogen-bond acceptors (Lipinski definition) is 5. The molecule has 1 aromatic rings. The number of nitrogens with one attached hydrogen (secondary N) is 2. The summed E-state index contributed by atoms with van der Waals surface area (Å²) in [6, 6.07) is 3.32. The minimum absolute atomic E-state index is 0.236. The molecule has 0 spiro atoms. The number of carboxylic acids is 1. The summed E-state index contributed by atoms with van der Waals surface area (Å²) in [7, 11) is 1.54.